The molecule has 2 heterocycles. The normalized spacial score (nSPS) is 15.3. The minimum absolute atomic E-state index is 0.152. The fourth-order valence-electron chi connectivity index (χ4n) is 2.22. The number of rotatable bonds is 3. The zero-order valence-electron chi connectivity index (χ0n) is 11.1. The van der Waals surface area contributed by atoms with Crippen molar-refractivity contribution in [3.63, 3.8) is 0 Å². The lowest BCUT2D eigenvalue weighted by atomic mass is 10.1. The van der Waals surface area contributed by atoms with Crippen LogP contribution >= 0.6 is 11.3 Å². The van der Waals surface area contributed by atoms with Crippen molar-refractivity contribution in [1.29, 1.82) is 0 Å². The highest BCUT2D eigenvalue weighted by Crippen LogP contribution is 2.37. The van der Waals surface area contributed by atoms with Crippen LogP contribution in [0.15, 0.2) is 29.1 Å². The summed E-state index contributed by atoms with van der Waals surface area (Å²) in [4.78, 5) is 28.7. The second-order valence-electron chi connectivity index (χ2n) is 4.62. The number of hydrogen-bond donors (Lipinski definition) is 1. The van der Waals surface area contributed by atoms with E-state index >= 15 is 0 Å². The molecule has 7 heteroatoms. The number of ether oxygens (including phenoxy) is 1. The summed E-state index contributed by atoms with van der Waals surface area (Å²) in [5.41, 5.74) is 3.78. The Kier molecular flexibility index (Phi) is 3.34. The number of benzene rings is 1. The Bertz CT molecular complexity index is 699. The minimum Gasteiger partial charge on any atom is -0.482 e. The third-order valence-electron chi connectivity index (χ3n) is 3.31. The summed E-state index contributed by atoms with van der Waals surface area (Å²) in [6.07, 6.45) is 0. The number of anilines is 1. The first-order valence-corrected chi connectivity index (χ1v) is 7.22. The second-order valence-corrected chi connectivity index (χ2v) is 5.34. The minimum atomic E-state index is -1.06. The van der Waals surface area contributed by atoms with E-state index in [0.717, 1.165) is 11.3 Å². The van der Waals surface area contributed by atoms with Crippen molar-refractivity contribution >= 4 is 28.9 Å². The van der Waals surface area contributed by atoms with Gasteiger partial charge in [0.2, 0.25) is 0 Å². The molecule has 0 saturated carbocycles. The van der Waals surface area contributed by atoms with Gasteiger partial charge < -0.3 is 9.84 Å². The van der Waals surface area contributed by atoms with E-state index in [2.05, 4.69) is 4.98 Å². The van der Waals surface area contributed by atoms with Crippen molar-refractivity contribution in [1.82, 2.24) is 4.98 Å². The van der Waals surface area contributed by atoms with Crippen LogP contribution in [0.5, 0.6) is 5.75 Å². The molecule has 0 spiro atoms. The molecule has 1 aromatic heterocycles. The van der Waals surface area contributed by atoms with E-state index in [9.17, 15) is 14.7 Å². The molecule has 21 heavy (non-hydrogen) atoms. The molecule has 3 rings (SSSR count). The second kappa shape index (κ2) is 5.17. The third-order valence-corrected chi connectivity index (χ3v) is 3.90. The number of carbonyl (C=O) groups excluding carboxylic acids is 1. The first-order chi connectivity index (χ1) is 10.1. The van der Waals surface area contributed by atoms with Gasteiger partial charge in [-0.3, -0.25) is 9.69 Å². The van der Waals surface area contributed by atoms with Crippen LogP contribution in [-0.2, 0) is 9.59 Å². The van der Waals surface area contributed by atoms with E-state index in [4.69, 9.17) is 4.74 Å². The Hall–Kier alpha value is -2.41. The van der Waals surface area contributed by atoms with E-state index in [1.807, 2.05) is 11.4 Å². The summed E-state index contributed by atoms with van der Waals surface area (Å²) in [6, 6.07) is 4.36. The number of carboxylic acids is 1. The highest BCUT2D eigenvalue weighted by molar-refractivity contribution is 7.07. The van der Waals surface area contributed by atoms with Gasteiger partial charge in [-0.1, -0.05) is 0 Å². The Morgan fingerprint density at radius 1 is 1.52 bits per heavy atom. The van der Waals surface area contributed by atoms with Crippen molar-refractivity contribution in [2.24, 2.45) is 0 Å². The van der Waals surface area contributed by atoms with Crippen molar-refractivity contribution in [2.45, 2.75) is 13.0 Å². The molecule has 1 aliphatic rings. The number of amides is 1. The van der Waals surface area contributed by atoms with Gasteiger partial charge in [0.25, 0.3) is 5.91 Å². The van der Waals surface area contributed by atoms with E-state index in [1.54, 1.807) is 17.6 Å². The zero-order chi connectivity index (χ0) is 15.0. The Labute approximate surface area is 124 Å². The molecule has 1 aliphatic heterocycles. The molecule has 1 atom stereocenters. The van der Waals surface area contributed by atoms with Crippen LogP contribution in [0.3, 0.4) is 0 Å². The number of thiazole rings is 1. The number of fused-ring (bicyclic) bond motifs is 1. The molecular weight excluding hydrogens is 292 g/mol. The number of aliphatic carboxylic acids is 1. The molecule has 0 radical (unpaired) electrons. The first kappa shape index (κ1) is 13.6. The summed E-state index contributed by atoms with van der Waals surface area (Å²) in [5.74, 6) is -0.926. The van der Waals surface area contributed by atoms with E-state index in [-0.39, 0.29) is 12.5 Å². The lowest BCUT2D eigenvalue weighted by Gasteiger charge is -2.32. The van der Waals surface area contributed by atoms with Crippen molar-refractivity contribution < 1.29 is 19.4 Å². The molecule has 0 bridgehead atoms. The van der Waals surface area contributed by atoms with E-state index in [0.29, 0.717) is 11.4 Å². The van der Waals surface area contributed by atoms with Crippen molar-refractivity contribution in [2.75, 3.05) is 11.5 Å². The molecule has 1 amide bonds. The van der Waals surface area contributed by atoms with Crippen molar-refractivity contribution in [3.05, 3.63) is 29.1 Å². The van der Waals surface area contributed by atoms with Gasteiger partial charge in [-0.05, 0) is 25.1 Å². The molecule has 6 nitrogen and oxygen atoms in total. The van der Waals surface area contributed by atoms with Gasteiger partial charge in [-0.15, -0.1) is 11.3 Å². The number of hydrogen-bond acceptors (Lipinski definition) is 5. The molecule has 0 saturated heterocycles. The molecule has 2 aromatic rings. The summed E-state index contributed by atoms with van der Waals surface area (Å²) < 4.78 is 5.37. The molecular formula is C14H12N2O4S. The maximum absolute atomic E-state index is 12.0. The van der Waals surface area contributed by atoms with Crippen LogP contribution in [0.1, 0.15) is 6.92 Å². The molecule has 1 N–H and O–H groups in total. The Balaban J connectivity index is 2.09. The first-order valence-electron chi connectivity index (χ1n) is 6.28. The van der Waals surface area contributed by atoms with Crippen LogP contribution in [-0.4, -0.2) is 34.6 Å². The highest BCUT2D eigenvalue weighted by Gasteiger charge is 2.33. The molecule has 0 fully saturated rings. The topological polar surface area (TPSA) is 79.7 Å². The fourth-order valence-corrected chi connectivity index (χ4v) is 2.78. The third kappa shape index (κ3) is 2.36. The van der Waals surface area contributed by atoms with Gasteiger partial charge in [0.1, 0.15) is 11.8 Å². The Morgan fingerprint density at radius 3 is 3.00 bits per heavy atom. The number of carboxylic acid groups (broad SMARTS) is 1. The van der Waals surface area contributed by atoms with E-state index in [1.165, 1.54) is 23.2 Å². The summed E-state index contributed by atoms with van der Waals surface area (Å²) in [7, 11) is 0. The predicted octanol–water partition coefficient (Wildman–Crippen LogP) is 2.01. The van der Waals surface area contributed by atoms with Crippen LogP contribution in [0.2, 0.25) is 0 Å². The van der Waals surface area contributed by atoms with Crippen LogP contribution in [0.4, 0.5) is 5.69 Å². The summed E-state index contributed by atoms with van der Waals surface area (Å²) >= 11 is 1.47. The van der Waals surface area contributed by atoms with E-state index < -0.39 is 12.0 Å². The summed E-state index contributed by atoms with van der Waals surface area (Å²) in [6.45, 7) is 1.32. The standard InChI is InChI=1S/C14H12N2O4S/c1-8(14(18)19)16-11-4-9(10-6-21-7-15-10)2-3-12(11)20-5-13(16)17/h2-4,6-8H,5H2,1H3,(H,18,19)/t8-/m0/s1. The largest absolute Gasteiger partial charge is 0.482 e. The molecule has 1 aromatic carbocycles. The smallest absolute Gasteiger partial charge is 0.326 e. The zero-order valence-corrected chi connectivity index (χ0v) is 12.0. The Morgan fingerprint density at radius 2 is 2.33 bits per heavy atom. The lowest BCUT2D eigenvalue weighted by molar-refractivity contribution is -0.140. The highest BCUT2D eigenvalue weighted by atomic mass is 32.1. The number of aromatic nitrogens is 1. The van der Waals surface area contributed by atoms with Crippen molar-refractivity contribution in [3.8, 4) is 17.0 Å². The number of carbonyl (C=O) groups is 2. The summed E-state index contributed by atoms with van der Waals surface area (Å²) in [5, 5.41) is 11.1. The van der Waals surface area contributed by atoms with Gasteiger partial charge in [0.15, 0.2) is 6.61 Å². The van der Waals surface area contributed by atoms with Gasteiger partial charge in [0.05, 0.1) is 16.9 Å². The number of nitrogens with zero attached hydrogens (tertiary/aromatic N) is 2. The average molecular weight is 304 g/mol. The molecule has 108 valence electrons. The predicted molar refractivity (Wildman–Crippen MR) is 77.6 cm³/mol. The van der Waals surface area contributed by atoms with Gasteiger partial charge in [0, 0.05) is 10.9 Å². The van der Waals surface area contributed by atoms with Crippen LogP contribution < -0.4 is 9.64 Å². The van der Waals surface area contributed by atoms with Gasteiger partial charge in [-0.25, -0.2) is 9.78 Å². The van der Waals surface area contributed by atoms with Crippen LogP contribution in [0, 0.1) is 0 Å². The lowest BCUT2D eigenvalue weighted by Crippen LogP contribution is -2.48. The van der Waals surface area contributed by atoms with Crippen LogP contribution in [0.25, 0.3) is 11.3 Å². The fraction of sp³-hybridized carbons (Fsp3) is 0.214. The maximum Gasteiger partial charge on any atom is 0.326 e. The maximum atomic E-state index is 12.0. The molecule has 0 unspecified atom stereocenters. The molecule has 0 aliphatic carbocycles. The monoisotopic (exact) mass is 304 g/mol. The SMILES string of the molecule is C[C@@H](C(=O)O)N1C(=O)COc2ccc(-c3cscn3)cc21. The average Bonchev–Trinajstić information content (AvgIpc) is 3.00. The quantitative estimate of drug-likeness (QED) is 0.938. The van der Waals surface area contributed by atoms with Gasteiger partial charge >= 0.3 is 5.97 Å². The van der Waals surface area contributed by atoms with Gasteiger partial charge in [-0.2, -0.15) is 0 Å².